The predicted molar refractivity (Wildman–Crippen MR) is 191 cm³/mol. The highest BCUT2D eigenvalue weighted by molar-refractivity contribution is 6.24. The van der Waals surface area contributed by atoms with E-state index < -0.39 is 0 Å². The van der Waals surface area contributed by atoms with Crippen molar-refractivity contribution in [3.8, 4) is 22.5 Å². The number of fused-ring (bicyclic) bond motifs is 10. The SMILES string of the molecule is CC(C)c1c(-c2c3ccccc3c(-c3ccc4c(c3)oc3c4ccc4oc5ccccc5c43)c3ccccc23)oc2ccccc12. The molecule has 0 aliphatic heterocycles. The van der Waals surface area contributed by atoms with E-state index >= 15 is 0 Å². The number of furan rings is 3. The fourth-order valence-electron chi connectivity index (χ4n) is 7.71. The third-order valence-electron chi connectivity index (χ3n) is 9.64. The molecule has 0 aliphatic carbocycles. The van der Waals surface area contributed by atoms with E-state index in [0.717, 1.165) is 66.3 Å². The first kappa shape index (κ1) is 25.5. The van der Waals surface area contributed by atoms with Crippen molar-refractivity contribution in [1.29, 1.82) is 0 Å². The van der Waals surface area contributed by atoms with Crippen LogP contribution in [0, 0.1) is 0 Å². The summed E-state index contributed by atoms with van der Waals surface area (Å²) in [6, 6.07) is 44.9. The molecule has 0 N–H and O–H groups in total. The van der Waals surface area contributed by atoms with Crippen molar-refractivity contribution in [3.63, 3.8) is 0 Å². The van der Waals surface area contributed by atoms with E-state index in [4.69, 9.17) is 13.3 Å². The van der Waals surface area contributed by atoms with Crippen LogP contribution in [0.15, 0.2) is 141 Å². The van der Waals surface area contributed by atoms with Gasteiger partial charge in [0.25, 0.3) is 0 Å². The molecule has 7 aromatic carbocycles. The summed E-state index contributed by atoms with van der Waals surface area (Å²) in [6.45, 7) is 4.50. The molecule has 3 heteroatoms. The fraction of sp³-hybridized carbons (Fsp3) is 0.0698. The van der Waals surface area contributed by atoms with Crippen molar-refractivity contribution in [2.75, 3.05) is 0 Å². The molecule has 10 aromatic rings. The van der Waals surface area contributed by atoms with Crippen molar-refractivity contribution in [1.82, 2.24) is 0 Å². The second-order valence-corrected chi connectivity index (χ2v) is 12.6. The van der Waals surface area contributed by atoms with Gasteiger partial charge in [-0.15, -0.1) is 0 Å². The van der Waals surface area contributed by atoms with Crippen LogP contribution in [0.25, 0.3) is 98.8 Å². The maximum Gasteiger partial charge on any atom is 0.147 e. The van der Waals surface area contributed by atoms with E-state index in [9.17, 15) is 0 Å². The van der Waals surface area contributed by atoms with Crippen molar-refractivity contribution in [3.05, 3.63) is 133 Å². The Hall–Kier alpha value is -5.80. The molecule has 218 valence electrons. The van der Waals surface area contributed by atoms with E-state index in [2.05, 4.69) is 117 Å². The second-order valence-electron chi connectivity index (χ2n) is 12.6. The van der Waals surface area contributed by atoms with Gasteiger partial charge in [-0.3, -0.25) is 0 Å². The van der Waals surface area contributed by atoms with Gasteiger partial charge in [0, 0.05) is 32.7 Å². The van der Waals surface area contributed by atoms with E-state index in [1.165, 1.54) is 38.1 Å². The molecule has 10 rings (SSSR count). The third-order valence-corrected chi connectivity index (χ3v) is 9.64. The largest absolute Gasteiger partial charge is 0.456 e. The van der Waals surface area contributed by atoms with Gasteiger partial charge in [-0.2, -0.15) is 0 Å². The maximum absolute atomic E-state index is 6.74. The Kier molecular flexibility index (Phi) is 5.19. The van der Waals surface area contributed by atoms with E-state index in [-0.39, 0.29) is 0 Å². The minimum atomic E-state index is 0.296. The van der Waals surface area contributed by atoms with Gasteiger partial charge in [-0.1, -0.05) is 105 Å². The molecule has 0 atom stereocenters. The fourth-order valence-corrected chi connectivity index (χ4v) is 7.71. The zero-order valence-corrected chi connectivity index (χ0v) is 25.4. The zero-order valence-electron chi connectivity index (χ0n) is 25.4. The molecular weight excluding hydrogens is 564 g/mol. The van der Waals surface area contributed by atoms with Gasteiger partial charge in [-0.25, -0.2) is 0 Å². The molecule has 0 fully saturated rings. The van der Waals surface area contributed by atoms with Gasteiger partial charge in [0.15, 0.2) is 0 Å². The highest BCUT2D eigenvalue weighted by Gasteiger charge is 2.24. The van der Waals surface area contributed by atoms with Crippen molar-refractivity contribution >= 4 is 76.4 Å². The Morgan fingerprint density at radius 1 is 0.413 bits per heavy atom. The van der Waals surface area contributed by atoms with Crippen molar-refractivity contribution in [2.24, 2.45) is 0 Å². The van der Waals surface area contributed by atoms with Crippen LogP contribution in [0.4, 0.5) is 0 Å². The minimum Gasteiger partial charge on any atom is -0.456 e. The second kappa shape index (κ2) is 9.35. The average molecular weight is 593 g/mol. The molecule has 3 nitrogen and oxygen atoms in total. The monoisotopic (exact) mass is 592 g/mol. The molecule has 0 spiro atoms. The first-order valence-electron chi connectivity index (χ1n) is 15.9. The van der Waals surface area contributed by atoms with Crippen LogP contribution in [-0.2, 0) is 0 Å². The summed E-state index contributed by atoms with van der Waals surface area (Å²) in [7, 11) is 0. The number of benzene rings is 7. The van der Waals surface area contributed by atoms with Crippen LogP contribution in [0.1, 0.15) is 25.3 Å². The van der Waals surface area contributed by atoms with E-state index in [0.29, 0.717) is 5.92 Å². The molecule has 0 saturated heterocycles. The maximum atomic E-state index is 6.74. The molecule has 3 aromatic heterocycles. The quantitative estimate of drug-likeness (QED) is 0.192. The lowest BCUT2D eigenvalue weighted by molar-refractivity contribution is 0.624. The average Bonchev–Trinajstić information content (AvgIpc) is 3.77. The van der Waals surface area contributed by atoms with Crippen LogP contribution in [0.5, 0.6) is 0 Å². The number of para-hydroxylation sites is 2. The summed E-state index contributed by atoms with van der Waals surface area (Å²) in [5.74, 6) is 1.25. The molecule has 0 bridgehead atoms. The highest BCUT2D eigenvalue weighted by Crippen LogP contribution is 2.48. The summed E-state index contributed by atoms with van der Waals surface area (Å²) in [6.07, 6.45) is 0. The first-order valence-corrected chi connectivity index (χ1v) is 15.9. The summed E-state index contributed by atoms with van der Waals surface area (Å²) < 4.78 is 19.6. The van der Waals surface area contributed by atoms with Crippen molar-refractivity contribution < 1.29 is 13.3 Å². The third kappa shape index (κ3) is 3.43. The predicted octanol–water partition coefficient (Wildman–Crippen LogP) is 13.0. The summed E-state index contributed by atoms with van der Waals surface area (Å²) in [5.41, 5.74) is 9.07. The van der Waals surface area contributed by atoms with Crippen LogP contribution >= 0.6 is 0 Å². The summed E-state index contributed by atoms with van der Waals surface area (Å²) in [5, 5.41) is 10.2. The molecule has 3 heterocycles. The number of hydrogen-bond acceptors (Lipinski definition) is 3. The van der Waals surface area contributed by atoms with Gasteiger partial charge in [0.2, 0.25) is 0 Å². The number of hydrogen-bond donors (Lipinski definition) is 0. The Balaban J connectivity index is 1.28. The van der Waals surface area contributed by atoms with E-state index in [1.807, 2.05) is 24.3 Å². The first-order chi connectivity index (χ1) is 22.7. The summed E-state index contributed by atoms with van der Waals surface area (Å²) in [4.78, 5) is 0. The zero-order chi connectivity index (χ0) is 30.5. The Bertz CT molecular complexity index is 2780. The van der Waals surface area contributed by atoms with Crippen LogP contribution in [0.3, 0.4) is 0 Å². The molecule has 0 radical (unpaired) electrons. The topological polar surface area (TPSA) is 39.4 Å². The van der Waals surface area contributed by atoms with Crippen LogP contribution in [0.2, 0.25) is 0 Å². The normalized spacial score (nSPS) is 12.3. The Morgan fingerprint density at radius 3 is 1.65 bits per heavy atom. The smallest absolute Gasteiger partial charge is 0.147 e. The number of rotatable bonds is 3. The highest BCUT2D eigenvalue weighted by atomic mass is 16.3. The minimum absolute atomic E-state index is 0.296. The lowest BCUT2D eigenvalue weighted by Crippen LogP contribution is -1.93. The molecule has 0 aliphatic rings. The molecular formula is C43H28O3. The van der Waals surface area contributed by atoms with Gasteiger partial charge in [0.1, 0.15) is 33.7 Å². The van der Waals surface area contributed by atoms with Crippen LogP contribution < -0.4 is 0 Å². The van der Waals surface area contributed by atoms with Crippen molar-refractivity contribution in [2.45, 2.75) is 19.8 Å². The van der Waals surface area contributed by atoms with Gasteiger partial charge < -0.3 is 13.3 Å². The molecule has 0 amide bonds. The summed E-state index contributed by atoms with van der Waals surface area (Å²) >= 11 is 0. The Labute approximate surface area is 264 Å². The van der Waals surface area contributed by atoms with E-state index in [1.54, 1.807) is 0 Å². The standard InChI is InChI=1S/C43H28O3/c1-24(2)38-32-15-7-10-18-35(32)45-43(38)40-29-13-5-3-11-27(29)39(28-12-4-6-14-30(28)40)25-19-20-26-31-21-22-36-41(42(31)46-37(26)23-25)33-16-8-9-17-34(33)44-36/h3-24H,1-2H3. The lowest BCUT2D eigenvalue weighted by atomic mass is 9.85. The molecule has 0 saturated carbocycles. The van der Waals surface area contributed by atoms with Gasteiger partial charge >= 0.3 is 0 Å². The Morgan fingerprint density at radius 2 is 0.978 bits per heavy atom. The van der Waals surface area contributed by atoms with Gasteiger partial charge in [-0.05, 0) is 75.0 Å². The van der Waals surface area contributed by atoms with Crippen LogP contribution in [-0.4, -0.2) is 0 Å². The molecule has 0 unspecified atom stereocenters. The molecule has 46 heavy (non-hydrogen) atoms. The lowest BCUT2D eigenvalue weighted by Gasteiger charge is -2.18. The van der Waals surface area contributed by atoms with Gasteiger partial charge in [0.05, 0.1) is 5.39 Å².